The molecule has 0 atom stereocenters. The van der Waals surface area contributed by atoms with Crippen LogP contribution in [-0.2, 0) is 9.59 Å². The molecule has 2 rings (SSSR count). The third-order valence-electron chi connectivity index (χ3n) is 4.08. The number of nitrogens with one attached hydrogen (secondary N) is 2. The number of benzene rings is 1. The van der Waals surface area contributed by atoms with Gasteiger partial charge in [-0.2, -0.15) is 0 Å². The summed E-state index contributed by atoms with van der Waals surface area (Å²) in [4.78, 5) is 24.0. The quantitative estimate of drug-likeness (QED) is 0.819. The van der Waals surface area contributed by atoms with Crippen LogP contribution in [0.3, 0.4) is 0 Å². The van der Waals surface area contributed by atoms with Gasteiger partial charge < -0.3 is 10.6 Å². The summed E-state index contributed by atoms with van der Waals surface area (Å²) in [6.45, 7) is 3.99. The van der Waals surface area contributed by atoms with Crippen molar-refractivity contribution in [1.82, 2.24) is 5.32 Å². The van der Waals surface area contributed by atoms with Crippen molar-refractivity contribution in [3.05, 3.63) is 42.5 Å². The van der Waals surface area contributed by atoms with Crippen molar-refractivity contribution in [2.45, 2.75) is 25.7 Å². The van der Waals surface area contributed by atoms with E-state index in [0.717, 1.165) is 12.1 Å². The van der Waals surface area contributed by atoms with Crippen LogP contribution in [0.5, 0.6) is 0 Å². The van der Waals surface area contributed by atoms with Gasteiger partial charge in [-0.3, -0.25) is 9.59 Å². The molecule has 4 nitrogen and oxygen atoms in total. The Morgan fingerprint density at radius 2 is 1.70 bits per heavy atom. The van der Waals surface area contributed by atoms with Gasteiger partial charge in [-0.15, -0.1) is 6.58 Å². The first kappa shape index (κ1) is 17.1. The average molecular weight is 322 g/mol. The fourth-order valence-corrected chi connectivity index (χ4v) is 2.75. The zero-order valence-corrected chi connectivity index (χ0v) is 12.8. The summed E-state index contributed by atoms with van der Waals surface area (Å²) >= 11 is 0. The molecule has 0 spiro atoms. The van der Waals surface area contributed by atoms with E-state index in [0.29, 0.717) is 32.2 Å². The summed E-state index contributed by atoms with van der Waals surface area (Å²) in [5.74, 6) is -2.47. The molecule has 1 aliphatic carbocycles. The first-order valence-corrected chi connectivity index (χ1v) is 7.65. The van der Waals surface area contributed by atoms with Crippen molar-refractivity contribution in [3.63, 3.8) is 0 Å². The van der Waals surface area contributed by atoms with E-state index < -0.39 is 11.6 Å². The minimum atomic E-state index is -0.995. The van der Waals surface area contributed by atoms with Gasteiger partial charge in [-0.25, -0.2) is 8.78 Å². The Bertz CT molecular complexity index is 596. The van der Waals surface area contributed by atoms with Gasteiger partial charge in [0, 0.05) is 30.1 Å². The number of anilines is 1. The second kappa shape index (κ2) is 7.85. The lowest BCUT2D eigenvalue weighted by atomic mass is 9.81. The Kier molecular flexibility index (Phi) is 5.84. The Morgan fingerprint density at radius 1 is 1.09 bits per heavy atom. The molecular formula is C17H20F2N2O2. The van der Waals surface area contributed by atoms with Crippen LogP contribution in [-0.4, -0.2) is 18.4 Å². The number of carbonyl (C=O) groups excluding carboxylic acids is 2. The van der Waals surface area contributed by atoms with E-state index in [1.54, 1.807) is 6.08 Å². The molecule has 124 valence electrons. The zero-order valence-electron chi connectivity index (χ0n) is 12.8. The minimum Gasteiger partial charge on any atom is -0.352 e. The van der Waals surface area contributed by atoms with Crippen LogP contribution in [0.25, 0.3) is 0 Å². The Morgan fingerprint density at radius 3 is 2.26 bits per heavy atom. The zero-order chi connectivity index (χ0) is 16.8. The van der Waals surface area contributed by atoms with Gasteiger partial charge in [-0.1, -0.05) is 6.08 Å². The molecule has 0 bridgehead atoms. The number of rotatable bonds is 5. The smallest absolute Gasteiger partial charge is 0.227 e. The third-order valence-corrected chi connectivity index (χ3v) is 4.08. The molecule has 1 aromatic rings. The number of hydrogen-bond donors (Lipinski definition) is 2. The van der Waals surface area contributed by atoms with E-state index in [9.17, 15) is 18.4 Å². The van der Waals surface area contributed by atoms with Crippen molar-refractivity contribution in [3.8, 4) is 0 Å². The van der Waals surface area contributed by atoms with Crippen LogP contribution in [0.2, 0.25) is 0 Å². The van der Waals surface area contributed by atoms with Crippen LogP contribution in [0.1, 0.15) is 25.7 Å². The van der Waals surface area contributed by atoms with Gasteiger partial charge in [-0.05, 0) is 37.8 Å². The Labute approximate surface area is 134 Å². The fraction of sp³-hybridized carbons (Fsp3) is 0.412. The highest BCUT2D eigenvalue weighted by Gasteiger charge is 2.29. The van der Waals surface area contributed by atoms with Crippen LogP contribution in [0.15, 0.2) is 30.9 Å². The van der Waals surface area contributed by atoms with E-state index in [-0.39, 0.29) is 29.3 Å². The summed E-state index contributed by atoms with van der Waals surface area (Å²) < 4.78 is 26.0. The molecule has 0 heterocycles. The van der Waals surface area contributed by atoms with Crippen molar-refractivity contribution in [2.24, 2.45) is 11.8 Å². The summed E-state index contributed by atoms with van der Waals surface area (Å²) in [5, 5.41) is 5.36. The predicted octanol–water partition coefficient (Wildman–Crippen LogP) is 3.01. The monoisotopic (exact) mass is 322 g/mol. The first-order chi connectivity index (χ1) is 11.0. The van der Waals surface area contributed by atoms with Gasteiger partial charge in [0.25, 0.3) is 0 Å². The van der Waals surface area contributed by atoms with Crippen LogP contribution >= 0.6 is 0 Å². The molecule has 1 aliphatic rings. The molecule has 1 aromatic carbocycles. The van der Waals surface area contributed by atoms with Crippen molar-refractivity contribution < 1.29 is 18.4 Å². The summed E-state index contributed by atoms with van der Waals surface area (Å²) in [6.07, 6.45) is 4.10. The lowest BCUT2D eigenvalue weighted by Gasteiger charge is -2.27. The minimum absolute atomic E-state index is 0.00985. The van der Waals surface area contributed by atoms with E-state index >= 15 is 0 Å². The maximum atomic E-state index is 13.1. The molecule has 23 heavy (non-hydrogen) atoms. The molecule has 1 saturated carbocycles. The largest absolute Gasteiger partial charge is 0.352 e. The number of hydrogen-bond acceptors (Lipinski definition) is 2. The molecule has 2 N–H and O–H groups in total. The molecule has 0 aliphatic heterocycles. The number of halogens is 2. The van der Waals surface area contributed by atoms with Crippen LogP contribution < -0.4 is 10.6 Å². The molecule has 6 heteroatoms. The third kappa shape index (κ3) is 4.61. The second-order valence-corrected chi connectivity index (χ2v) is 5.70. The lowest BCUT2D eigenvalue weighted by Crippen LogP contribution is -2.35. The summed E-state index contributed by atoms with van der Waals surface area (Å²) in [5.41, 5.74) is 0.236. The molecule has 2 amide bonds. The lowest BCUT2D eigenvalue weighted by molar-refractivity contribution is -0.128. The number of amides is 2. The molecule has 0 unspecified atom stereocenters. The van der Waals surface area contributed by atoms with E-state index in [4.69, 9.17) is 0 Å². The SMILES string of the molecule is C=CCNC(=O)C1CCC(C(=O)Nc2ccc(F)c(F)c2)CC1. The predicted molar refractivity (Wildman–Crippen MR) is 83.6 cm³/mol. The van der Waals surface area contributed by atoms with Gasteiger partial charge in [0.15, 0.2) is 11.6 Å². The highest BCUT2D eigenvalue weighted by Crippen LogP contribution is 2.30. The average Bonchev–Trinajstić information content (AvgIpc) is 2.56. The molecule has 0 saturated heterocycles. The van der Waals surface area contributed by atoms with Crippen LogP contribution in [0, 0.1) is 23.5 Å². The van der Waals surface area contributed by atoms with Gasteiger partial charge >= 0.3 is 0 Å². The van der Waals surface area contributed by atoms with Gasteiger partial charge in [0.2, 0.25) is 11.8 Å². The molecular weight excluding hydrogens is 302 g/mol. The first-order valence-electron chi connectivity index (χ1n) is 7.65. The summed E-state index contributed by atoms with van der Waals surface area (Å²) in [7, 11) is 0. The molecule has 0 aromatic heterocycles. The van der Waals surface area contributed by atoms with E-state index in [2.05, 4.69) is 17.2 Å². The molecule has 0 radical (unpaired) electrons. The van der Waals surface area contributed by atoms with E-state index in [1.165, 1.54) is 6.07 Å². The number of carbonyl (C=O) groups is 2. The standard InChI is InChI=1S/C17H20F2N2O2/c1-2-9-20-16(22)11-3-5-12(6-4-11)17(23)21-13-7-8-14(18)15(19)10-13/h2,7-8,10-12H,1,3-6,9H2,(H,20,22)(H,21,23). The summed E-state index contributed by atoms with van der Waals surface area (Å²) in [6, 6.07) is 3.26. The van der Waals surface area contributed by atoms with Crippen molar-refractivity contribution >= 4 is 17.5 Å². The topological polar surface area (TPSA) is 58.2 Å². The maximum absolute atomic E-state index is 13.1. The van der Waals surface area contributed by atoms with Gasteiger partial charge in [0.1, 0.15) is 0 Å². The highest BCUT2D eigenvalue weighted by atomic mass is 19.2. The van der Waals surface area contributed by atoms with E-state index in [1.807, 2.05) is 0 Å². The molecule has 1 fully saturated rings. The van der Waals surface area contributed by atoms with Crippen molar-refractivity contribution in [2.75, 3.05) is 11.9 Å². The maximum Gasteiger partial charge on any atom is 0.227 e. The van der Waals surface area contributed by atoms with Crippen molar-refractivity contribution in [1.29, 1.82) is 0 Å². The second-order valence-electron chi connectivity index (χ2n) is 5.70. The Hall–Kier alpha value is -2.24. The fourth-order valence-electron chi connectivity index (χ4n) is 2.75. The van der Waals surface area contributed by atoms with Crippen LogP contribution in [0.4, 0.5) is 14.5 Å². The Balaban J connectivity index is 1.84. The van der Waals surface area contributed by atoms with Gasteiger partial charge in [0.05, 0.1) is 0 Å². The normalized spacial score (nSPS) is 20.6. The highest BCUT2D eigenvalue weighted by molar-refractivity contribution is 5.92.